The quantitative estimate of drug-likeness (QED) is 0.853. The molecule has 0 unspecified atom stereocenters. The van der Waals surface area contributed by atoms with Gasteiger partial charge in [-0.25, -0.2) is 0 Å². The Morgan fingerprint density at radius 2 is 2.33 bits per heavy atom. The summed E-state index contributed by atoms with van der Waals surface area (Å²) in [6, 6.07) is 7.01. The lowest BCUT2D eigenvalue weighted by Crippen LogP contribution is -2.01. The highest BCUT2D eigenvalue weighted by Crippen LogP contribution is 2.15. The molecular formula is C12H13N3O3. The largest absolute Gasteiger partial charge is 0.487 e. The van der Waals surface area contributed by atoms with E-state index in [0.29, 0.717) is 17.9 Å². The Morgan fingerprint density at radius 1 is 1.50 bits per heavy atom. The van der Waals surface area contributed by atoms with Crippen molar-refractivity contribution in [2.75, 3.05) is 0 Å². The Labute approximate surface area is 104 Å². The average molecular weight is 247 g/mol. The number of carbonyl (C=O) groups is 1. The van der Waals surface area contributed by atoms with Gasteiger partial charge in [0, 0.05) is 7.05 Å². The molecule has 0 amide bonds. The summed E-state index contributed by atoms with van der Waals surface area (Å²) in [4.78, 5) is 10.6. The molecular weight excluding hydrogens is 234 g/mol. The van der Waals surface area contributed by atoms with Crippen LogP contribution in [0.3, 0.4) is 0 Å². The third kappa shape index (κ3) is 3.31. The summed E-state index contributed by atoms with van der Waals surface area (Å²) >= 11 is 0. The molecule has 1 N–H and O–H groups in total. The zero-order valence-electron chi connectivity index (χ0n) is 9.91. The maximum absolute atomic E-state index is 10.6. The second-order valence-electron chi connectivity index (χ2n) is 3.89. The van der Waals surface area contributed by atoms with E-state index in [9.17, 15) is 4.79 Å². The summed E-state index contributed by atoms with van der Waals surface area (Å²) in [6.07, 6.45) is 1.75. The summed E-state index contributed by atoms with van der Waals surface area (Å²) in [5.41, 5.74) is 1.43. The van der Waals surface area contributed by atoms with Crippen LogP contribution in [-0.2, 0) is 24.9 Å². The van der Waals surface area contributed by atoms with Gasteiger partial charge in [-0.05, 0) is 17.7 Å². The van der Waals surface area contributed by atoms with Gasteiger partial charge in [0.15, 0.2) is 0 Å². The highest BCUT2D eigenvalue weighted by Gasteiger charge is 2.03. The molecule has 18 heavy (non-hydrogen) atoms. The van der Waals surface area contributed by atoms with E-state index in [1.165, 1.54) is 0 Å². The first kappa shape index (κ1) is 12.1. The van der Waals surface area contributed by atoms with Crippen LogP contribution in [0.1, 0.15) is 11.3 Å². The van der Waals surface area contributed by atoms with Crippen molar-refractivity contribution in [1.29, 1.82) is 0 Å². The number of ether oxygens (including phenoxy) is 1. The van der Waals surface area contributed by atoms with Crippen LogP contribution in [0, 0.1) is 0 Å². The first-order valence-corrected chi connectivity index (χ1v) is 5.42. The SMILES string of the molecule is Cn1cc(COc2cccc(CC(=O)O)c2)nn1. The van der Waals surface area contributed by atoms with Crippen molar-refractivity contribution >= 4 is 5.97 Å². The van der Waals surface area contributed by atoms with Gasteiger partial charge >= 0.3 is 5.97 Å². The van der Waals surface area contributed by atoms with Crippen molar-refractivity contribution in [2.45, 2.75) is 13.0 Å². The van der Waals surface area contributed by atoms with Crippen molar-refractivity contribution in [1.82, 2.24) is 15.0 Å². The van der Waals surface area contributed by atoms with E-state index in [-0.39, 0.29) is 6.42 Å². The minimum Gasteiger partial charge on any atom is -0.487 e. The van der Waals surface area contributed by atoms with E-state index in [2.05, 4.69) is 10.3 Å². The van der Waals surface area contributed by atoms with Gasteiger partial charge in [-0.3, -0.25) is 9.48 Å². The van der Waals surface area contributed by atoms with Gasteiger partial charge in [0.1, 0.15) is 18.1 Å². The first-order valence-electron chi connectivity index (χ1n) is 5.42. The number of hydrogen-bond acceptors (Lipinski definition) is 4. The minimum absolute atomic E-state index is 0.0116. The number of carboxylic acids is 1. The molecule has 2 aromatic rings. The van der Waals surface area contributed by atoms with Gasteiger partial charge in [0.05, 0.1) is 12.6 Å². The molecule has 0 saturated carbocycles. The highest BCUT2D eigenvalue weighted by molar-refractivity contribution is 5.70. The Hall–Kier alpha value is -2.37. The molecule has 0 spiro atoms. The van der Waals surface area contributed by atoms with Crippen molar-refractivity contribution in [3.63, 3.8) is 0 Å². The van der Waals surface area contributed by atoms with Crippen LogP contribution in [0.5, 0.6) is 5.75 Å². The molecule has 6 heteroatoms. The zero-order valence-corrected chi connectivity index (χ0v) is 9.91. The molecule has 0 atom stereocenters. The number of aliphatic carboxylic acids is 1. The molecule has 0 saturated heterocycles. The van der Waals surface area contributed by atoms with Crippen LogP contribution in [0.15, 0.2) is 30.5 Å². The topological polar surface area (TPSA) is 77.2 Å². The Bertz CT molecular complexity index is 551. The second-order valence-corrected chi connectivity index (χ2v) is 3.89. The van der Waals surface area contributed by atoms with E-state index in [1.54, 1.807) is 42.2 Å². The molecule has 0 radical (unpaired) electrons. The molecule has 6 nitrogen and oxygen atoms in total. The van der Waals surface area contributed by atoms with Crippen molar-refractivity contribution < 1.29 is 14.6 Å². The number of nitrogens with zero attached hydrogens (tertiary/aromatic N) is 3. The number of rotatable bonds is 5. The minimum atomic E-state index is -0.860. The Morgan fingerprint density at radius 3 is 3.00 bits per heavy atom. The van der Waals surface area contributed by atoms with Gasteiger partial charge in [-0.15, -0.1) is 5.10 Å². The summed E-state index contributed by atoms with van der Waals surface area (Å²) in [5, 5.41) is 16.4. The monoisotopic (exact) mass is 247 g/mol. The number of carboxylic acid groups (broad SMARTS) is 1. The smallest absolute Gasteiger partial charge is 0.307 e. The van der Waals surface area contributed by atoms with Crippen LogP contribution < -0.4 is 4.74 Å². The predicted octanol–water partition coefficient (Wildman–Crippen LogP) is 1.02. The third-order valence-corrected chi connectivity index (χ3v) is 2.29. The lowest BCUT2D eigenvalue weighted by Gasteiger charge is -2.05. The molecule has 0 aliphatic carbocycles. The highest BCUT2D eigenvalue weighted by atomic mass is 16.5. The molecule has 1 aromatic carbocycles. The summed E-state index contributed by atoms with van der Waals surface area (Å²) < 4.78 is 7.12. The third-order valence-electron chi connectivity index (χ3n) is 2.29. The van der Waals surface area contributed by atoms with Crippen molar-refractivity contribution in [3.05, 3.63) is 41.7 Å². The molecule has 0 aliphatic rings. The molecule has 0 fully saturated rings. The van der Waals surface area contributed by atoms with E-state index in [4.69, 9.17) is 9.84 Å². The van der Waals surface area contributed by atoms with Crippen LogP contribution in [0.2, 0.25) is 0 Å². The second kappa shape index (κ2) is 5.31. The van der Waals surface area contributed by atoms with Gasteiger partial charge in [0.25, 0.3) is 0 Å². The van der Waals surface area contributed by atoms with E-state index in [1.807, 2.05) is 0 Å². The summed E-state index contributed by atoms with van der Waals surface area (Å²) in [7, 11) is 1.78. The summed E-state index contributed by atoms with van der Waals surface area (Å²) in [5.74, 6) is -0.236. The first-order chi connectivity index (χ1) is 8.63. The maximum Gasteiger partial charge on any atom is 0.307 e. The lowest BCUT2D eigenvalue weighted by molar-refractivity contribution is -0.136. The molecule has 0 bridgehead atoms. The van der Waals surface area contributed by atoms with Gasteiger partial charge in [-0.2, -0.15) is 0 Å². The molecule has 94 valence electrons. The average Bonchev–Trinajstić information content (AvgIpc) is 2.72. The molecule has 0 aliphatic heterocycles. The Balaban J connectivity index is 1.98. The molecule has 1 aromatic heterocycles. The maximum atomic E-state index is 10.6. The fourth-order valence-corrected chi connectivity index (χ4v) is 1.54. The predicted molar refractivity (Wildman–Crippen MR) is 63.1 cm³/mol. The van der Waals surface area contributed by atoms with Gasteiger partial charge < -0.3 is 9.84 Å². The fraction of sp³-hybridized carbons (Fsp3) is 0.250. The van der Waals surface area contributed by atoms with Crippen molar-refractivity contribution in [3.8, 4) is 5.75 Å². The van der Waals surface area contributed by atoms with Crippen LogP contribution in [0.4, 0.5) is 0 Å². The Kier molecular flexibility index (Phi) is 3.57. The van der Waals surface area contributed by atoms with Crippen LogP contribution in [0.25, 0.3) is 0 Å². The standard InChI is InChI=1S/C12H13N3O3/c1-15-7-10(13-14-15)8-18-11-4-2-3-9(5-11)6-12(16)17/h2-5,7H,6,8H2,1H3,(H,16,17). The van der Waals surface area contributed by atoms with E-state index < -0.39 is 5.97 Å². The normalized spacial score (nSPS) is 10.3. The number of hydrogen-bond donors (Lipinski definition) is 1. The van der Waals surface area contributed by atoms with Crippen molar-refractivity contribution in [2.24, 2.45) is 7.05 Å². The fourth-order valence-electron chi connectivity index (χ4n) is 1.54. The zero-order chi connectivity index (χ0) is 13.0. The van der Waals surface area contributed by atoms with E-state index in [0.717, 1.165) is 5.69 Å². The summed E-state index contributed by atoms with van der Waals surface area (Å²) in [6.45, 7) is 0.310. The number of aromatic nitrogens is 3. The van der Waals surface area contributed by atoms with Crippen LogP contribution >= 0.6 is 0 Å². The van der Waals surface area contributed by atoms with E-state index >= 15 is 0 Å². The molecule has 1 heterocycles. The van der Waals surface area contributed by atoms with Crippen LogP contribution in [-0.4, -0.2) is 26.1 Å². The lowest BCUT2D eigenvalue weighted by atomic mass is 10.1. The van der Waals surface area contributed by atoms with Gasteiger partial charge in [0.2, 0.25) is 0 Å². The number of aryl methyl sites for hydroxylation is 1. The molecule has 2 rings (SSSR count). The number of benzene rings is 1. The van der Waals surface area contributed by atoms with Gasteiger partial charge in [-0.1, -0.05) is 17.3 Å².